The van der Waals surface area contributed by atoms with Crippen LogP contribution < -0.4 is 0 Å². The third-order valence-electron chi connectivity index (χ3n) is 2.20. The van der Waals surface area contributed by atoms with Crippen molar-refractivity contribution in [3.63, 3.8) is 0 Å². The van der Waals surface area contributed by atoms with Crippen LogP contribution in [0.3, 0.4) is 0 Å². The van der Waals surface area contributed by atoms with E-state index < -0.39 is 5.60 Å². The van der Waals surface area contributed by atoms with Crippen LogP contribution in [-0.2, 0) is 0 Å². The quantitative estimate of drug-likeness (QED) is 0.571. The van der Waals surface area contributed by atoms with Crippen LogP contribution in [0, 0.1) is 6.42 Å². The van der Waals surface area contributed by atoms with Crippen LogP contribution in [0.5, 0.6) is 0 Å². The zero-order chi connectivity index (χ0) is 10.2. The van der Waals surface area contributed by atoms with Gasteiger partial charge >= 0.3 is 0 Å². The van der Waals surface area contributed by atoms with Crippen molar-refractivity contribution in [2.24, 2.45) is 0 Å². The first-order valence-electron chi connectivity index (χ1n) is 5.63. The van der Waals surface area contributed by atoms with E-state index in [2.05, 4.69) is 6.92 Å². The molecule has 0 saturated heterocycles. The summed E-state index contributed by atoms with van der Waals surface area (Å²) in [6, 6.07) is 0. The summed E-state index contributed by atoms with van der Waals surface area (Å²) in [6.07, 6.45) is 11.0. The molecule has 0 aliphatic carbocycles. The highest BCUT2D eigenvalue weighted by Crippen LogP contribution is 2.13. The first-order chi connectivity index (χ1) is 6.06. The maximum Gasteiger partial charge on any atom is 0.0623 e. The molecule has 0 unspecified atom stereocenters. The Labute approximate surface area is 83.5 Å². The van der Waals surface area contributed by atoms with Crippen LogP contribution >= 0.6 is 0 Å². The Morgan fingerprint density at radius 2 is 1.54 bits per heavy atom. The van der Waals surface area contributed by atoms with Crippen molar-refractivity contribution >= 4 is 0 Å². The Kier molecular flexibility index (Phi) is 7.35. The van der Waals surface area contributed by atoms with Gasteiger partial charge in [0.2, 0.25) is 0 Å². The summed E-state index contributed by atoms with van der Waals surface area (Å²) in [7, 11) is 0. The van der Waals surface area contributed by atoms with E-state index in [1.165, 1.54) is 38.5 Å². The highest BCUT2D eigenvalue weighted by molar-refractivity contribution is 4.83. The molecule has 79 valence electrons. The minimum absolute atomic E-state index is 0.580. The summed E-state index contributed by atoms with van der Waals surface area (Å²) >= 11 is 0. The molecule has 1 radical (unpaired) electrons. The minimum atomic E-state index is -0.580. The number of aliphatic hydroxyl groups is 1. The average molecular weight is 185 g/mol. The maximum absolute atomic E-state index is 9.40. The molecule has 0 fully saturated rings. The summed E-state index contributed by atoms with van der Waals surface area (Å²) in [5.41, 5.74) is -0.580. The topological polar surface area (TPSA) is 20.2 Å². The van der Waals surface area contributed by atoms with Crippen molar-refractivity contribution in [3.05, 3.63) is 6.42 Å². The smallest absolute Gasteiger partial charge is 0.0623 e. The molecule has 0 amide bonds. The van der Waals surface area contributed by atoms with E-state index >= 15 is 0 Å². The molecule has 0 atom stereocenters. The van der Waals surface area contributed by atoms with E-state index in [0.29, 0.717) is 0 Å². The number of rotatable bonds is 8. The van der Waals surface area contributed by atoms with Gasteiger partial charge in [0.05, 0.1) is 5.60 Å². The Morgan fingerprint density at radius 3 is 2.08 bits per heavy atom. The molecule has 0 aromatic carbocycles. The first kappa shape index (κ1) is 13.0. The fraction of sp³-hybridized carbons (Fsp3) is 0.917. The Morgan fingerprint density at radius 1 is 1.00 bits per heavy atom. The van der Waals surface area contributed by atoms with Gasteiger partial charge in [-0.2, -0.15) is 0 Å². The van der Waals surface area contributed by atoms with Crippen LogP contribution in [0.25, 0.3) is 0 Å². The first-order valence-corrected chi connectivity index (χ1v) is 5.63. The molecule has 0 spiro atoms. The highest BCUT2D eigenvalue weighted by Gasteiger charge is 2.11. The number of unbranched alkanes of at least 4 members (excludes halogenated alkanes) is 6. The normalized spacial score (nSPS) is 12.0. The summed E-state index contributed by atoms with van der Waals surface area (Å²) in [5.74, 6) is 0. The van der Waals surface area contributed by atoms with Crippen LogP contribution in [0.15, 0.2) is 0 Å². The van der Waals surface area contributed by atoms with Gasteiger partial charge < -0.3 is 5.11 Å². The van der Waals surface area contributed by atoms with Gasteiger partial charge in [0, 0.05) is 0 Å². The van der Waals surface area contributed by atoms with Crippen molar-refractivity contribution < 1.29 is 5.11 Å². The van der Waals surface area contributed by atoms with Gasteiger partial charge in [0.25, 0.3) is 0 Å². The van der Waals surface area contributed by atoms with Crippen LogP contribution in [0.1, 0.15) is 65.7 Å². The molecule has 0 heterocycles. The predicted octanol–water partition coefficient (Wildman–Crippen LogP) is 3.71. The number of hydrogen-bond donors (Lipinski definition) is 1. The summed E-state index contributed by atoms with van der Waals surface area (Å²) in [4.78, 5) is 0. The van der Waals surface area contributed by atoms with Crippen molar-refractivity contribution in [2.75, 3.05) is 0 Å². The van der Waals surface area contributed by atoms with E-state index in [9.17, 15) is 5.11 Å². The highest BCUT2D eigenvalue weighted by atomic mass is 16.3. The lowest BCUT2D eigenvalue weighted by atomic mass is 10.00. The number of hydrogen-bond acceptors (Lipinski definition) is 1. The third kappa shape index (κ3) is 12.0. The van der Waals surface area contributed by atoms with Gasteiger partial charge in [-0.3, -0.25) is 0 Å². The fourth-order valence-electron chi connectivity index (χ4n) is 1.38. The third-order valence-corrected chi connectivity index (χ3v) is 2.20. The molecular weight excluding hydrogens is 160 g/mol. The SMILES string of the molecule is CCCCCCCC[CH]C(C)(C)O. The second-order valence-electron chi connectivity index (χ2n) is 4.41. The van der Waals surface area contributed by atoms with Crippen molar-refractivity contribution in [1.82, 2.24) is 0 Å². The zero-order valence-corrected chi connectivity index (χ0v) is 9.47. The van der Waals surface area contributed by atoms with Gasteiger partial charge in [-0.05, 0) is 26.7 Å². The predicted molar refractivity (Wildman–Crippen MR) is 58.6 cm³/mol. The summed E-state index contributed by atoms with van der Waals surface area (Å²) in [6.45, 7) is 5.91. The van der Waals surface area contributed by atoms with Gasteiger partial charge in [0.1, 0.15) is 0 Å². The Bertz CT molecular complexity index is 102. The lowest BCUT2D eigenvalue weighted by molar-refractivity contribution is 0.111. The van der Waals surface area contributed by atoms with Crippen molar-refractivity contribution in [3.8, 4) is 0 Å². The molecule has 13 heavy (non-hydrogen) atoms. The second kappa shape index (κ2) is 7.37. The molecule has 0 aromatic heterocycles. The minimum Gasteiger partial charge on any atom is -0.390 e. The monoisotopic (exact) mass is 185 g/mol. The molecular formula is C12H25O. The Hall–Kier alpha value is -0.0400. The van der Waals surface area contributed by atoms with Crippen molar-refractivity contribution in [1.29, 1.82) is 0 Å². The van der Waals surface area contributed by atoms with Crippen LogP contribution in [-0.4, -0.2) is 10.7 Å². The van der Waals surface area contributed by atoms with Gasteiger partial charge in [0.15, 0.2) is 0 Å². The fourth-order valence-corrected chi connectivity index (χ4v) is 1.38. The van der Waals surface area contributed by atoms with E-state index in [4.69, 9.17) is 0 Å². The molecule has 0 bridgehead atoms. The van der Waals surface area contributed by atoms with Gasteiger partial charge in [-0.15, -0.1) is 0 Å². The molecule has 0 aliphatic rings. The average Bonchev–Trinajstić information content (AvgIpc) is 2.01. The molecule has 0 aliphatic heterocycles. The van der Waals surface area contributed by atoms with E-state index in [1.807, 2.05) is 20.3 Å². The standard InChI is InChI=1S/C12H25O/c1-4-5-6-7-8-9-10-11-12(2,3)13/h11,13H,4-10H2,1-3H3. The molecule has 0 saturated carbocycles. The lowest BCUT2D eigenvalue weighted by Crippen LogP contribution is -2.18. The molecule has 1 N–H and O–H groups in total. The van der Waals surface area contributed by atoms with Crippen LogP contribution in [0.4, 0.5) is 0 Å². The molecule has 1 nitrogen and oxygen atoms in total. The Balaban J connectivity index is 3.00. The van der Waals surface area contributed by atoms with Gasteiger partial charge in [-0.25, -0.2) is 0 Å². The molecule has 0 rings (SSSR count). The van der Waals surface area contributed by atoms with E-state index in [-0.39, 0.29) is 0 Å². The van der Waals surface area contributed by atoms with E-state index in [1.54, 1.807) is 0 Å². The van der Waals surface area contributed by atoms with Gasteiger partial charge in [-0.1, -0.05) is 45.4 Å². The zero-order valence-electron chi connectivity index (χ0n) is 9.47. The lowest BCUT2D eigenvalue weighted by Gasteiger charge is -2.15. The second-order valence-corrected chi connectivity index (χ2v) is 4.41. The molecule has 1 heteroatoms. The largest absolute Gasteiger partial charge is 0.390 e. The summed E-state index contributed by atoms with van der Waals surface area (Å²) < 4.78 is 0. The molecule has 0 aromatic rings. The maximum atomic E-state index is 9.40. The van der Waals surface area contributed by atoms with Crippen molar-refractivity contribution in [2.45, 2.75) is 71.3 Å². The van der Waals surface area contributed by atoms with E-state index in [0.717, 1.165) is 6.42 Å². The summed E-state index contributed by atoms with van der Waals surface area (Å²) in [5, 5.41) is 9.40. The van der Waals surface area contributed by atoms with Crippen LogP contribution in [0.2, 0.25) is 0 Å².